The second-order valence-corrected chi connectivity index (χ2v) is 7.06. The summed E-state index contributed by atoms with van der Waals surface area (Å²) in [6.45, 7) is 2.55. The number of imidazole rings is 2. The van der Waals surface area contributed by atoms with Crippen LogP contribution in [0.15, 0.2) is 46.1 Å². The van der Waals surface area contributed by atoms with Gasteiger partial charge in [-0.2, -0.15) is 4.98 Å². The van der Waals surface area contributed by atoms with Gasteiger partial charge < -0.3 is 4.57 Å². The van der Waals surface area contributed by atoms with Gasteiger partial charge in [0.2, 0.25) is 5.78 Å². The van der Waals surface area contributed by atoms with Crippen molar-refractivity contribution in [1.29, 1.82) is 0 Å². The first kappa shape index (κ1) is 18.6. The summed E-state index contributed by atoms with van der Waals surface area (Å²) in [5.74, 6) is 0.000350. The largest absolute Gasteiger partial charge is 0.332 e. The number of aromatic nitrogens is 5. The molecule has 0 N–H and O–H groups in total. The van der Waals surface area contributed by atoms with E-state index in [-0.39, 0.29) is 35.8 Å². The third-order valence-corrected chi connectivity index (χ3v) is 4.77. The highest BCUT2D eigenvalue weighted by Crippen LogP contribution is 2.25. The number of rotatable bonds is 5. The van der Waals surface area contributed by atoms with Gasteiger partial charge in [-0.1, -0.05) is 30.3 Å². The molecule has 3 heterocycles. The molecule has 9 heteroatoms. The molecule has 0 saturated heterocycles. The van der Waals surface area contributed by atoms with Gasteiger partial charge in [-0.15, -0.1) is 0 Å². The van der Waals surface area contributed by atoms with Gasteiger partial charge in [0.1, 0.15) is 11.6 Å². The lowest BCUT2D eigenvalue weighted by molar-refractivity contribution is -0.118. The Balaban J connectivity index is 2.13. The van der Waals surface area contributed by atoms with Gasteiger partial charge in [-0.05, 0) is 19.4 Å². The normalized spacial score (nSPS) is 11.4. The molecule has 4 rings (SSSR count). The van der Waals surface area contributed by atoms with Crippen LogP contribution in [-0.2, 0) is 29.7 Å². The molecule has 0 aliphatic rings. The number of hydrogen-bond donors (Lipinski definition) is 0. The Kier molecular flexibility index (Phi) is 4.30. The zero-order chi connectivity index (χ0) is 20.9. The van der Waals surface area contributed by atoms with E-state index in [1.165, 1.54) is 25.5 Å². The van der Waals surface area contributed by atoms with Crippen LogP contribution in [0.1, 0.15) is 13.8 Å². The standard InChI is InChI=1S/C20H19N5O4/c1-12(26)9-23-15(14-7-5-4-6-8-14)11-24-16-17(21-19(23)24)22(3)20(29)25(18(16)28)10-13(2)27/h4-8,11H,9-10H2,1-3H3. The number of fused-ring (bicyclic) bond motifs is 3. The van der Waals surface area contributed by atoms with Gasteiger partial charge in [0, 0.05) is 13.2 Å². The zero-order valence-corrected chi connectivity index (χ0v) is 16.2. The Bertz CT molecular complexity index is 1400. The highest BCUT2D eigenvalue weighted by atomic mass is 16.2. The minimum atomic E-state index is -0.611. The molecule has 0 unspecified atom stereocenters. The molecule has 0 bridgehead atoms. The maximum absolute atomic E-state index is 13.1. The van der Waals surface area contributed by atoms with E-state index in [0.29, 0.717) is 5.78 Å². The minimum Gasteiger partial charge on any atom is -0.302 e. The van der Waals surface area contributed by atoms with Crippen LogP contribution in [0.25, 0.3) is 28.2 Å². The molecule has 0 amide bonds. The van der Waals surface area contributed by atoms with E-state index in [2.05, 4.69) is 4.98 Å². The maximum Gasteiger partial charge on any atom is 0.332 e. The molecule has 0 aliphatic carbocycles. The number of carbonyl (C=O) groups is 2. The van der Waals surface area contributed by atoms with Crippen LogP contribution in [0.5, 0.6) is 0 Å². The summed E-state index contributed by atoms with van der Waals surface area (Å²) in [7, 11) is 1.50. The SMILES string of the molecule is CC(=O)Cn1c(=O)c2c(nc3n(CC(C)=O)c(-c4ccccc4)cn23)n(C)c1=O. The van der Waals surface area contributed by atoms with E-state index in [4.69, 9.17) is 0 Å². The lowest BCUT2D eigenvalue weighted by atomic mass is 10.1. The summed E-state index contributed by atoms with van der Waals surface area (Å²) in [5.41, 5.74) is 0.762. The second-order valence-electron chi connectivity index (χ2n) is 7.06. The molecule has 0 aliphatic heterocycles. The number of Topliss-reactive ketones (excluding diaryl/α,β-unsaturated/α-hetero) is 2. The summed E-state index contributed by atoms with van der Waals surface area (Å²) in [4.78, 5) is 53.6. The molecule has 3 aromatic heterocycles. The van der Waals surface area contributed by atoms with Crippen LogP contribution >= 0.6 is 0 Å². The summed E-state index contributed by atoms with van der Waals surface area (Å²) in [6.07, 6.45) is 1.73. The Hall–Kier alpha value is -3.75. The minimum absolute atomic E-state index is 0.0691. The van der Waals surface area contributed by atoms with Crippen LogP contribution in [0, 0.1) is 0 Å². The van der Waals surface area contributed by atoms with Gasteiger partial charge in [-0.3, -0.25) is 27.9 Å². The lowest BCUT2D eigenvalue weighted by Gasteiger charge is -2.07. The highest BCUT2D eigenvalue weighted by Gasteiger charge is 2.22. The van der Waals surface area contributed by atoms with Crippen molar-refractivity contribution in [3.05, 3.63) is 57.4 Å². The fourth-order valence-corrected chi connectivity index (χ4v) is 3.52. The molecule has 0 spiro atoms. The molecule has 0 radical (unpaired) electrons. The van der Waals surface area contributed by atoms with E-state index in [0.717, 1.165) is 15.8 Å². The summed E-state index contributed by atoms with van der Waals surface area (Å²) >= 11 is 0. The molecule has 4 aromatic rings. The van der Waals surface area contributed by atoms with Crippen LogP contribution in [-0.4, -0.2) is 34.7 Å². The second kappa shape index (κ2) is 6.69. The van der Waals surface area contributed by atoms with Crippen LogP contribution in [0.3, 0.4) is 0 Å². The van der Waals surface area contributed by atoms with Crippen molar-refractivity contribution in [3.8, 4) is 11.3 Å². The first-order chi connectivity index (χ1) is 13.8. The monoisotopic (exact) mass is 393 g/mol. The van der Waals surface area contributed by atoms with Crippen LogP contribution in [0.2, 0.25) is 0 Å². The highest BCUT2D eigenvalue weighted by molar-refractivity contribution is 5.81. The average molecular weight is 393 g/mol. The summed E-state index contributed by atoms with van der Waals surface area (Å²) in [5, 5.41) is 0. The van der Waals surface area contributed by atoms with E-state index >= 15 is 0 Å². The van der Waals surface area contributed by atoms with E-state index in [1.54, 1.807) is 15.2 Å². The Morgan fingerprint density at radius 1 is 0.966 bits per heavy atom. The molecule has 0 saturated carbocycles. The van der Waals surface area contributed by atoms with Crippen molar-refractivity contribution in [3.63, 3.8) is 0 Å². The Morgan fingerprint density at radius 2 is 1.59 bits per heavy atom. The van der Waals surface area contributed by atoms with Gasteiger partial charge in [0.05, 0.1) is 18.8 Å². The van der Waals surface area contributed by atoms with E-state index in [9.17, 15) is 19.2 Å². The zero-order valence-electron chi connectivity index (χ0n) is 16.2. The average Bonchev–Trinajstić information content (AvgIpc) is 3.21. The number of carbonyl (C=O) groups excluding carboxylic acids is 2. The molecule has 0 fully saturated rings. The number of aryl methyl sites for hydroxylation is 1. The number of ketones is 2. The first-order valence-electron chi connectivity index (χ1n) is 9.05. The molecule has 148 valence electrons. The van der Waals surface area contributed by atoms with Crippen molar-refractivity contribution in [2.45, 2.75) is 26.9 Å². The Morgan fingerprint density at radius 3 is 2.21 bits per heavy atom. The van der Waals surface area contributed by atoms with Crippen LogP contribution in [0.4, 0.5) is 0 Å². The smallest absolute Gasteiger partial charge is 0.302 e. The first-order valence-corrected chi connectivity index (χ1v) is 9.05. The molecule has 29 heavy (non-hydrogen) atoms. The van der Waals surface area contributed by atoms with Crippen LogP contribution < -0.4 is 11.2 Å². The lowest BCUT2D eigenvalue weighted by Crippen LogP contribution is -2.40. The molecule has 1 aromatic carbocycles. The summed E-state index contributed by atoms with van der Waals surface area (Å²) in [6, 6.07) is 9.45. The predicted molar refractivity (Wildman–Crippen MR) is 107 cm³/mol. The number of benzene rings is 1. The number of hydrogen-bond acceptors (Lipinski definition) is 5. The van der Waals surface area contributed by atoms with Gasteiger partial charge in [0.25, 0.3) is 5.56 Å². The topological polar surface area (TPSA) is 100 Å². The third-order valence-electron chi connectivity index (χ3n) is 4.77. The van der Waals surface area contributed by atoms with Crippen molar-refractivity contribution >= 4 is 28.5 Å². The van der Waals surface area contributed by atoms with Gasteiger partial charge >= 0.3 is 5.69 Å². The molecule has 9 nitrogen and oxygen atoms in total. The quantitative estimate of drug-likeness (QED) is 0.503. The Labute approximate surface area is 164 Å². The van der Waals surface area contributed by atoms with E-state index < -0.39 is 11.2 Å². The number of nitrogens with zero attached hydrogens (tertiary/aromatic N) is 5. The van der Waals surface area contributed by atoms with Gasteiger partial charge in [-0.25, -0.2) is 4.79 Å². The van der Waals surface area contributed by atoms with Gasteiger partial charge in [0.15, 0.2) is 11.2 Å². The van der Waals surface area contributed by atoms with Crippen molar-refractivity contribution < 1.29 is 9.59 Å². The fourth-order valence-electron chi connectivity index (χ4n) is 3.52. The third kappa shape index (κ3) is 2.91. The van der Waals surface area contributed by atoms with Crippen molar-refractivity contribution in [1.82, 2.24) is 23.1 Å². The predicted octanol–water partition coefficient (Wildman–Crippen LogP) is 0.994. The summed E-state index contributed by atoms with van der Waals surface area (Å²) < 4.78 is 5.45. The maximum atomic E-state index is 13.1. The molecule has 0 atom stereocenters. The molecular formula is C20H19N5O4. The van der Waals surface area contributed by atoms with E-state index in [1.807, 2.05) is 30.3 Å². The molecular weight excluding hydrogens is 374 g/mol. The van der Waals surface area contributed by atoms with Crippen molar-refractivity contribution in [2.75, 3.05) is 0 Å². The van der Waals surface area contributed by atoms with Crippen molar-refractivity contribution in [2.24, 2.45) is 7.05 Å². The fraction of sp³-hybridized carbons (Fsp3) is 0.250.